The summed E-state index contributed by atoms with van der Waals surface area (Å²) in [4.78, 5) is 6.99. The lowest BCUT2D eigenvalue weighted by molar-refractivity contribution is 0.204. The Labute approximate surface area is 124 Å². The third-order valence-electron chi connectivity index (χ3n) is 3.79. The van der Waals surface area contributed by atoms with Crippen LogP contribution in [0.2, 0.25) is 0 Å². The summed E-state index contributed by atoms with van der Waals surface area (Å²) in [6, 6.07) is 10.4. The Morgan fingerprint density at radius 1 is 1.43 bits per heavy atom. The zero-order valence-electron chi connectivity index (χ0n) is 12.2. The number of fused-ring (bicyclic) bond motifs is 1. The van der Waals surface area contributed by atoms with Crippen molar-refractivity contribution in [1.29, 1.82) is 5.41 Å². The van der Waals surface area contributed by atoms with E-state index in [0.717, 1.165) is 36.1 Å². The van der Waals surface area contributed by atoms with Gasteiger partial charge in [-0.1, -0.05) is 18.2 Å². The summed E-state index contributed by atoms with van der Waals surface area (Å²) in [6.07, 6.45) is 2.32. The minimum absolute atomic E-state index is 0.0614. The Morgan fingerprint density at radius 3 is 2.86 bits per heavy atom. The molecule has 0 saturated heterocycles. The average molecular weight is 284 g/mol. The summed E-state index contributed by atoms with van der Waals surface area (Å²) in [5.74, 6) is 0.868. The average Bonchev–Trinajstić information content (AvgIpc) is 3.31. The molecule has 3 rings (SSSR count). The number of ether oxygens (including phenoxy) is 1. The molecular weight excluding hydrogens is 264 g/mol. The molecular formula is C16H20N4O. The molecule has 1 heterocycles. The molecule has 1 aromatic heterocycles. The highest BCUT2D eigenvalue weighted by Crippen LogP contribution is 2.33. The molecule has 1 saturated carbocycles. The number of benzene rings is 1. The Hall–Kier alpha value is -2.14. The number of para-hydroxylation sites is 1. The van der Waals surface area contributed by atoms with Crippen molar-refractivity contribution in [1.82, 2.24) is 4.98 Å². The Bertz CT molecular complexity index is 666. The van der Waals surface area contributed by atoms with Crippen molar-refractivity contribution >= 4 is 22.6 Å². The van der Waals surface area contributed by atoms with Crippen molar-refractivity contribution < 1.29 is 4.74 Å². The van der Waals surface area contributed by atoms with Crippen LogP contribution in [-0.4, -0.2) is 37.1 Å². The van der Waals surface area contributed by atoms with Crippen LogP contribution in [0.5, 0.6) is 0 Å². The second-order valence-corrected chi connectivity index (χ2v) is 5.38. The summed E-state index contributed by atoms with van der Waals surface area (Å²) < 4.78 is 5.21. The summed E-state index contributed by atoms with van der Waals surface area (Å²) in [6.45, 7) is 1.41. The number of anilines is 1. The predicted octanol–water partition coefficient (Wildman–Crippen LogP) is 2.13. The van der Waals surface area contributed by atoms with Crippen LogP contribution >= 0.6 is 0 Å². The number of pyridine rings is 1. The number of nitrogens with zero attached hydrogens (tertiary/aromatic N) is 2. The molecule has 5 nitrogen and oxygen atoms in total. The fraction of sp³-hybridized carbons (Fsp3) is 0.375. The second kappa shape index (κ2) is 5.69. The molecule has 5 heteroatoms. The zero-order chi connectivity index (χ0) is 14.8. The van der Waals surface area contributed by atoms with Gasteiger partial charge in [0.25, 0.3) is 0 Å². The van der Waals surface area contributed by atoms with Crippen LogP contribution in [0.4, 0.5) is 5.82 Å². The van der Waals surface area contributed by atoms with Crippen molar-refractivity contribution in [3.05, 3.63) is 35.9 Å². The Kier molecular flexibility index (Phi) is 3.75. The highest BCUT2D eigenvalue weighted by Gasteiger charge is 2.31. The van der Waals surface area contributed by atoms with Crippen molar-refractivity contribution in [3.63, 3.8) is 0 Å². The third-order valence-corrected chi connectivity index (χ3v) is 3.79. The zero-order valence-corrected chi connectivity index (χ0v) is 12.2. The van der Waals surface area contributed by atoms with E-state index in [1.165, 1.54) is 0 Å². The maximum Gasteiger partial charge on any atom is 0.140 e. The number of methoxy groups -OCH3 is 1. The van der Waals surface area contributed by atoms with E-state index in [1.54, 1.807) is 7.11 Å². The van der Waals surface area contributed by atoms with Crippen LogP contribution in [0.1, 0.15) is 18.4 Å². The number of amidine groups is 1. The van der Waals surface area contributed by atoms with Gasteiger partial charge in [0.15, 0.2) is 0 Å². The first kappa shape index (κ1) is 13.8. The van der Waals surface area contributed by atoms with Gasteiger partial charge in [0.2, 0.25) is 0 Å². The maximum absolute atomic E-state index is 7.86. The first-order chi connectivity index (χ1) is 10.2. The van der Waals surface area contributed by atoms with E-state index >= 15 is 0 Å². The van der Waals surface area contributed by atoms with E-state index in [1.807, 2.05) is 30.3 Å². The van der Waals surface area contributed by atoms with Gasteiger partial charge >= 0.3 is 0 Å². The molecule has 2 aromatic rings. The van der Waals surface area contributed by atoms with Gasteiger partial charge in [-0.05, 0) is 25.0 Å². The Morgan fingerprint density at radius 2 is 2.19 bits per heavy atom. The highest BCUT2D eigenvalue weighted by atomic mass is 16.5. The first-order valence-corrected chi connectivity index (χ1v) is 7.20. The molecule has 1 aliphatic carbocycles. The van der Waals surface area contributed by atoms with Crippen LogP contribution in [0.3, 0.4) is 0 Å². The molecule has 0 spiro atoms. The molecule has 0 amide bonds. The number of nitrogens with two attached hydrogens (primary N) is 1. The molecule has 1 aromatic carbocycles. The quantitative estimate of drug-likeness (QED) is 0.629. The molecule has 1 aliphatic rings. The molecule has 1 fully saturated rings. The van der Waals surface area contributed by atoms with E-state index < -0.39 is 0 Å². The van der Waals surface area contributed by atoms with Gasteiger partial charge in [0.1, 0.15) is 11.7 Å². The molecule has 0 radical (unpaired) electrons. The van der Waals surface area contributed by atoms with E-state index in [-0.39, 0.29) is 5.84 Å². The first-order valence-electron chi connectivity index (χ1n) is 7.20. The minimum atomic E-state index is 0.0614. The summed E-state index contributed by atoms with van der Waals surface area (Å²) in [7, 11) is 1.70. The van der Waals surface area contributed by atoms with E-state index in [9.17, 15) is 0 Å². The van der Waals surface area contributed by atoms with Crippen molar-refractivity contribution in [3.8, 4) is 0 Å². The number of aromatic nitrogens is 1. The summed E-state index contributed by atoms with van der Waals surface area (Å²) >= 11 is 0. The molecule has 0 bridgehead atoms. The topological polar surface area (TPSA) is 75.2 Å². The molecule has 0 aliphatic heterocycles. The number of rotatable bonds is 6. The summed E-state index contributed by atoms with van der Waals surface area (Å²) in [5.41, 5.74) is 7.41. The van der Waals surface area contributed by atoms with Crippen molar-refractivity contribution in [2.75, 3.05) is 25.2 Å². The molecule has 0 unspecified atom stereocenters. The van der Waals surface area contributed by atoms with Crippen LogP contribution in [-0.2, 0) is 4.74 Å². The van der Waals surface area contributed by atoms with Gasteiger partial charge in [-0.2, -0.15) is 0 Å². The molecule has 21 heavy (non-hydrogen) atoms. The predicted molar refractivity (Wildman–Crippen MR) is 85.0 cm³/mol. The van der Waals surface area contributed by atoms with Gasteiger partial charge < -0.3 is 15.4 Å². The van der Waals surface area contributed by atoms with Crippen molar-refractivity contribution in [2.24, 2.45) is 5.73 Å². The number of hydrogen-bond donors (Lipinski definition) is 2. The fourth-order valence-corrected chi connectivity index (χ4v) is 2.56. The van der Waals surface area contributed by atoms with E-state index in [0.29, 0.717) is 18.2 Å². The van der Waals surface area contributed by atoms with Gasteiger partial charge in [-0.15, -0.1) is 0 Å². The molecule has 110 valence electrons. The largest absolute Gasteiger partial charge is 0.384 e. The van der Waals surface area contributed by atoms with Gasteiger partial charge in [-0.25, -0.2) is 4.98 Å². The van der Waals surface area contributed by atoms with E-state index in [2.05, 4.69) is 4.90 Å². The lowest BCUT2D eigenvalue weighted by Crippen LogP contribution is -2.32. The van der Waals surface area contributed by atoms with E-state index in [4.69, 9.17) is 20.9 Å². The minimum Gasteiger partial charge on any atom is -0.384 e. The third kappa shape index (κ3) is 2.83. The van der Waals surface area contributed by atoms with Crippen LogP contribution in [0, 0.1) is 5.41 Å². The normalized spacial score (nSPS) is 14.3. The monoisotopic (exact) mass is 284 g/mol. The van der Waals surface area contributed by atoms with Crippen LogP contribution in [0.15, 0.2) is 30.3 Å². The standard InChI is InChI=1S/C16H20N4O/c1-21-9-8-20(12-6-7-12)16-13(15(17)18)10-11-4-2-3-5-14(11)19-16/h2-5,10,12H,6-9H2,1H3,(H3,17,18). The van der Waals surface area contributed by atoms with Gasteiger partial charge in [0, 0.05) is 25.1 Å². The lowest BCUT2D eigenvalue weighted by Gasteiger charge is -2.25. The second-order valence-electron chi connectivity index (χ2n) is 5.38. The van der Waals surface area contributed by atoms with Crippen LogP contribution < -0.4 is 10.6 Å². The molecule has 0 atom stereocenters. The van der Waals surface area contributed by atoms with Crippen molar-refractivity contribution in [2.45, 2.75) is 18.9 Å². The number of hydrogen-bond acceptors (Lipinski definition) is 4. The summed E-state index contributed by atoms with van der Waals surface area (Å²) in [5, 5.41) is 8.87. The molecule has 3 N–H and O–H groups in total. The van der Waals surface area contributed by atoms with Gasteiger partial charge in [0.05, 0.1) is 17.7 Å². The Balaban J connectivity index is 2.09. The van der Waals surface area contributed by atoms with Crippen LogP contribution in [0.25, 0.3) is 10.9 Å². The smallest absolute Gasteiger partial charge is 0.140 e. The lowest BCUT2D eigenvalue weighted by atomic mass is 10.1. The number of nitrogen functional groups attached to an aromatic ring is 1. The SMILES string of the molecule is COCCN(c1nc2ccccc2cc1C(=N)N)C1CC1. The number of nitrogens with one attached hydrogen (secondary N) is 1. The highest BCUT2D eigenvalue weighted by molar-refractivity contribution is 6.03. The fourth-order valence-electron chi connectivity index (χ4n) is 2.56. The maximum atomic E-state index is 7.86. The van der Waals surface area contributed by atoms with Gasteiger partial charge in [-0.3, -0.25) is 5.41 Å².